The fraction of sp³-hybridized carbons (Fsp3) is 0.333. The van der Waals surface area contributed by atoms with Crippen molar-refractivity contribution in [3.63, 3.8) is 0 Å². The van der Waals surface area contributed by atoms with E-state index < -0.39 is 27.7 Å². The third-order valence-corrected chi connectivity index (χ3v) is 5.86. The summed E-state index contributed by atoms with van der Waals surface area (Å²) in [6.07, 6.45) is 2.31. The summed E-state index contributed by atoms with van der Waals surface area (Å²) in [5, 5.41) is 17.0. The van der Waals surface area contributed by atoms with Crippen LogP contribution in [-0.4, -0.2) is 60.7 Å². The van der Waals surface area contributed by atoms with Crippen molar-refractivity contribution in [1.82, 2.24) is 14.5 Å². The zero-order chi connectivity index (χ0) is 18.9. The Kier molecular flexibility index (Phi) is 4.78. The molecule has 2 N–H and O–H groups in total. The molecule has 1 fully saturated rings. The number of nitrogens with zero attached hydrogens (tertiary/aromatic N) is 2. The highest BCUT2D eigenvalue weighted by Crippen LogP contribution is 2.31. The van der Waals surface area contributed by atoms with Crippen LogP contribution in [0.5, 0.6) is 0 Å². The highest BCUT2D eigenvalue weighted by molar-refractivity contribution is 7.88. The van der Waals surface area contributed by atoms with Crippen LogP contribution in [-0.2, 0) is 15.6 Å². The lowest BCUT2D eigenvalue weighted by molar-refractivity contribution is 0.0581. The van der Waals surface area contributed by atoms with Crippen LogP contribution in [0.15, 0.2) is 39.6 Å². The van der Waals surface area contributed by atoms with Gasteiger partial charge in [-0.1, -0.05) is 0 Å². The molecular weight excluding hydrogens is 382 g/mol. The lowest BCUT2D eigenvalue weighted by Crippen LogP contribution is -2.48. The second-order valence-corrected chi connectivity index (χ2v) is 8.46. The summed E-state index contributed by atoms with van der Waals surface area (Å²) >= 11 is 1.37. The number of nitrogens with one attached hydrogen (secondary N) is 1. The highest BCUT2D eigenvalue weighted by Gasteiger charge is 2.40. The number of furan rings is 1. The maximum atomic E-state index is 12.3. The first kappa shape index (κ1) is 18.4. The Bertz CT molecular complexity index is 858. The first-order valence-corrected chi connectivity index (χ1v) is 10.4. The number of rotatable bonds is 5. The summed E-state index contributed by atoms with van der Waals surface area (Å²) in [5.41, 5.74) is -1.08. The average Bonchev–Trinajstić information content (AvgIpc) is 3.31. The Hall–Kier alpha value is -2.37. The number of amides is 4. The van der Waals surface area contributed by atoms with E-state index in [9.17, 15) is 23.1 Å². The first-order valence-electron chi connectivity index (χ1n) is 7.59. The van der Waals surface area contributed by atoms with Crippen molar-refractivity contribution in [2.75, 3.05) is 25.9 Å². The summed E-state index contributed by atoms with van der Waals surface area (Å²) in [5.74, 6) is 0.238. The molecule has 26 heavy (non-hydrogen) atoms. The van der Waals surface area contributed by atoms with Crippen LogP contribution in [0.4, 0.5) is 9.59 Å². The standard InChI is InChI=1S/C15H17N3O6S2/c1-26(22,23)18-6-5-17(14(18)20)13(19)16-10-15(21,11-4-8-25-9-11)12-3-2-7-24-12/h2-4,7-9,21H,5-6,10H2,1H3,(H,16,19)/t15-/m0/s1. The third-order valence-electron chi connectivity index (χ3n) is 4.04. The molecular formula is C15H17N3O6S2. The van der Waals surface area contributed by atoms with Gasteiger partial charge in [0, 0.05) is 5.56 Å². The Balaban J connectivity index is 1.75. The molecule has 0 unspecified atom stereocenters. The minimum atomic E-state index is -3.73. The first-order chi connectivity index (χ1) is 12.2. The molecule has 3 heterocycles. The van der Waals surface area contributed by atoms with Crippen LogP contribution in [0, 0.1) is 0 Å². The molecule has 1 atom stereocenters. The molecule has 1 aliphatic heterocycles. The van der Waals surface area contributed by atoms with Crippen molar-refractivity contribution in [2.45, 2.75) is 5.60 Å². The molecule has 0 spiro atoms. The lowest BCUT2D eigenvalue weighted by atomic mass is 9.93. The van der Waals surface area contributed by atoms with Crippen molar-refractivity contribution >= 4 is 33.4 Å². The van der Waals surface area contributed by atoms with Gasteiger partial charge >= 0.3 is 12.1 Å². The number of urea groups is 2. The summed E-state index contributed by atoms with van der Waals surface area (Å²) in [6, 6.07) is 3.19. The van der Waals surface area contributed by atoms with Crippen molar-refractivity contribution < 1.29 is 27.5 Å². The van der Waals surface area contributed by atoms with Gasteiger partial charge in [0.1, 0.15) is 5.76 Å². The van der Waals surface area contributed by atoms with Gasteiger partial charge in [0.15, 0.2) is 5.60 Å². The molecule has 9 nitrogen and oxygen atoms in total. The number of carbonyl (C=O) groups is 2. The van der Waals surface area contributed by atoms with Crippen LogP contribution >= 0.6 is 11.3 Å². The van der Waals surface area contributed by atoms with E-state index in [0.717, 1.165) is 11.2 Å². The maximum Gasteiger partial charge on any atom is 0.341 e. The van der Waals surface area contributed by atoms with Crippen LogP contribution in [0.2, 0.25) is 0 Å². The highest BCUT2D eigenvalue weighted by atomic mass is 32.2. The smallest absolute Gasteiger partial charge is 0.341 e. The number of aliphatic hydroxyl groups is 1. The molecule has 3 rings (SSSR count). The Morgan fingerprint density at radius 1 is 1.42 bits per heavy atom. The van der Waals surface area contributed by atoms with E-state index in [1.165, 1.54) is 17.6 Å². The fourth-order valence-corrected chi connectivity index (χ4v) is 4.18. The van der Waals surface area contributed by atoms with Gasteiger partial charge in [-0.3, -0.25) is 0 Å². The maximum absolute atomic E-state index is 12.3. The van der Waals surface area contributed by atoms with Crippen molar-refractivity contribution in [3.05, 3.63) is 46.5 Å². The molecule has 0 bridgehead atoms. The predicted octanol–water partition coefficient (Wildman–Crippen LogP) is 0.984. The van der Waals surface area contributed by atoms with Gasteiger partial charge < -0.3 is 14.8 Å². The minimum absolute atomic E-state index is 0.0602. The second kappa shape index (κ2) is 6.74. The molecule has 0 aromatic carbocycles. The summed E-state index contributed by atoms with van der Waals surface area (Å²) in [6.45, 7) is -0.411. The summed E-state index contributed by atoms with van der Waals surface area (Å²) in [7, 11) is -3.73. The van der Waals surface area contributed by atoms with Crippen LogP contribution in [0.25, 0.3) is 0 Å². The number of hydrogen-bond acceptors (Lipinski definition) is 7. The van der Waals surface area contributed by atoms with E-state index in [0.29, 0.717) is 9.87 Å². The summed E-state index contributed by atoms with van der Waals surface area (Å²) < 4.78 is 29.0. The Labute approximate surface area is 153 Å². The minimum Gasteiger partial charge on any atom is -0.466 e. The van der Waals surface area contributed by atoms with E-state index in [1.807, 2.05) is 0 Å². The molecule has 1 saturated heterocycles. The molecule has 0 radical (unpaired) electrons. The number of carbonyl (C=O) groups excluding carboxylic acids is 2. The lowest BCUT2D eigenvalue weighted by Gasteiger charge is -2.26. The van der Waals surface area contributed by atoms with Gasteiger partial charge in [-0.25, -0.2) is 27.2 Å². The fourth-order valence-electron chi connectivity index (χ4n) is 2.66. The SMILES string of the molecule is CS(=O)(=O)N1CCN(C(=O)NC[C@](O)(c2ccsc2)c2ccco2)C1=O. The predicted molar refractivity (Wildman–Crippen MR) is 93.1 cm³/mol. The zero-order valence-electron chi connectivity index (χ0n) is 13.8. The molecule has 2 aromatic heterocycles. The van der Waals surface area contributed by atoms with E-state index >= 15 is 0 Å². The molecule has 4 amide bonds. The van der Waals surface area contributed by atoms with E-state index in [1.54, 1.807) is 29.0 Å². The van der Waals surface area contributed by atoms with Gasteiger partial charge in [0.2, 0.25) is 10.0 Å². The summed E-state index contributed by atoms with van der Waals surface area (Å²) in [4.78, 5) is 25.2. The molecule has 11 heteroatoms. The number of hydrogen-bond donors (Lipinski definition) is 2. The van der Waals surface area contributed by atoms with Crippen molar-refractivity contribution in [3.8, 4) is 0 Å². The molecule has 2 aromatic rings. The molecule has 0 aliphatic carbocycles. The van der Waals surface area contributed by atoms with Crippen LogP contribution in [0.1, 0.15) is 11.3 Å². The van der Waals surface area contributed by atoms with Crippen molar-refractivity contribution in [1.29, 1.82) is 0 Å². The van der Waals surface area contributed by atoms with Gasteiger partial charge in [0.05, 0.1) is 32.2 Å². The van der Waals surface area contributed by atoms with E-state index in [-0.39, 0.29) is 25.4 Å². The van der Waals surface area contributed by atoms with Crippen molar-refractivity contribution in [2.24, 2.45) is 0 Å². The van der Waals surface area contributed by atoms with E-state index in [4.69, 9.17) is 4.42 Å². The van der Waals surface area contributed by atoms with Gasteiger partial charge in [0.25, 0.3) is 0 Å². The van der Waals surface area contributed by atoms with E-state index in [2.05, 4.69) is 5.32 Å². The molecule has 0 saturated carbocycles. The number of sulfonamides is 1. The van der Waals surface area contributed by atoms with Gasteiger partial charge in [-0.2, -0.15) is 11.3 Å². The second-order valence-electron chi connectivity index (χ2n) is 5.78. The number of thiophene rings is 1. The Morgan fingerprint density at radius 2 is 2.19 bits per heavy atom. The normalized spacial score (nSPS) is 17.4. The van der Waals surface area contributed by atoms with Gasteiger partial charge in [-0.05, 0) is 29.0 Å². The zero-order valence-corrected chi connectivity index (χ0v) is 15.4. The van der Waals surface area contributed by atoms with Crippen LogP contribution in [0.3, 0.4) is 0 Å². The topological polar surface area (TPSA) is 120 Å². The Morgan fingerprint density at radius 3 is 2.73 bits per heavy atom. The monoisotopic (exact) mass is 399 g/mol. The molecule has 140 valence electrons. The molecule has 1 aliphatic rings. The largest absolute Gasteiger partial charge is 0.466 e. The quantitative estimate of drug-likeness (QED) is 0.773. The van der Waals surface area contributed by atoms with Crippen LogP contribution < -0.4 is 5.32 Å². The third kappa shape index (κ3) is 3.32. The number of imide groups is 1. The van der Waals surface area contributed by atoms with Gasteiger partial charge in [-0.15, -0.1) is 0 Å². The average molecular weight is 399 g/mol.